The average Bonchev–Trinajstić information content (AvgIpc) is 2.41. The Balaban J connectivity index is 2.51. The van der Waals surface area contributed by atoms with Crippen molar-refractivity contribution in [3.63, 3.8) is 0 Å². The lowest BCUT2D eigenvalue weighted by Gasteiger charge is -2.09. The molecule has 0 aliphatic rings. The molecule has 3 nitrogen and oxygen atoms in total. The van der Waals surface area contributed by atoms with Gasteiger partial charge in [-0.2, -0.15) is 0 Å². The summed E-state index contributed by atoms with van der Waals surface area (Å²) >= 11 is 0. The normalized spacial score (nSPS) is 10.2. The Labute approximate surface area is 105 Å². The van der Waals surface area contributed by atoms with Crippen LogP contribution in [0.3, 0.4) is 0 Å². The quantitative estimate of drug-likeness (QED) is 0.848. The summed E-state index contributed by atoms with van der Waals surface area (Å²) in [6.07, 6.45) is 0. The van der Waals surface area contributed by atoms with E-state index in [1.807, 2.05) is 12.1 Å². The molecule has 4 heteroatoms. The predicted octanol–water partition coefficient (Wildman–Crippen LogP) is 3.09. The highest BCUT2D eigenvalue weighted by atomic mass is 19.1. The Hall–Kier alpha value is -2.23. The molecule has 0 amide bonds. The van der Waals surface area contributed by atoms with Crippen LogP contribution in [0.25, 0.3) is 11.1 Å². The van der Waals surface area contributed by atoms with Crippen LogP contribution in [-0.2, 0) is 0 Å². The Morgan fingerprint density at radius 2 is 1.50 bits per heavy atom. The number of halogens is 1. The summed E-state index contributed by atoms with van der Waals surface area (Å²) in [6, 6.07) is 10.1. The van der Waals surface area contributed by atoms with E-state index in [0.29, 0.717) is 11.5 Å². The molecule has 2 aromatic carbocycles. The molecule has 0 bridgehead atoms. The fraction of sp³-hybridized carbons (Fsp3) is 0.143. The van der Waals surface area contributed by atoms with Crippen LogP contribution in [0, 0.1) is 5.82 Å². The average molecular weight is 247 g/mol. The molecule has 2 N–H and O–H groups in total. The van der Waals surface area contributed by atoms with Gasteiger partial charge in [-0.05, 0) is 35.4 Å². The van der Waals surface area contributed by atoms with Crippen molar-refractivity contribution < 1.29 is 13.9 Å². The van der Waals surface area contributed by atoms with Crippen LogP contribution in [0.15, 0.2) is 36.4 Å². The van der Waals surface area contributed by atoms with Gasteiger partial charge in [0, 0.05) is 6.07 Å². The van der Waals surface area contributed by atoms with Crippen LogP contribution in [0.1, 0.15) is 0 Å². The van der Waals surface area contributed by atoms with Gasteiger partial charge in [0.15, 0.2) is 0 Å². The molecule has 0 radical (unpaired) electrons. The molecule has 0 aliphatic carbocycles. The third-order valence-corrected chi connectivity index (χ3v) is 2.69. The van der Waals surface area contributed by atoms with Gasteiger partial charge in [-0.1, -0.05) is 6.07 Å². The smallest absolute Gasteiger partial charge is 0.146 e. The molecule has 0 fully saturated rings. The highest BCUT2D eigenvalue weighted by Crippen LogP contribution is 2.30. The maximum atomic E-state index is 13.4. The van der Waals surface area contributed by atoms with E-state index in [0.717, 1.165) is 11.1 Å². The molecule has 0 saturated carbocycles. The van der Waals surface area contributed by atoms with Crippen LogP contribution >= 0.6 is 0 Å². The van der Waals surface area contributed by atoms with Gasteiger partial charge in [0.25, 0.3) is 0 Å². The van der Waals surface area contributed by atoms with E-state index in [-0.39, 0.29) is 5.69 Å². The Morgan fingerprint density at radius 3 is 2.00 bits per heavy atom. The SMILES string of the molecule is COc1cc(OC)cc(-c2ccc(N)c(F)c2)c1. The monoisotopic (exact) mass is 247 g/mol. The lowest BCUT2D eigenvalue weighted by molar-refractivity contribution is 0.394. The molecule has 0 heterocycles. The van der Waals surface area contributed by atoms with Crippen molar-refractivity contribution in [1.82, 2.24) is 0 Å². The number of nitrogen functional groups attached to an aromatic ring is 1. The zero-order valence-electron chi connectivity index (χ0n) is 10.2. The Morgan fingerprint density at radius 1 is 0.889 bits per heavy atom. The molecule has 0 saturated heterocycles. The van der Waals surface area contributed by atoms with Gasteiger partial charge in [-0.25, -0.2) is 4.39 Å². The number of hydrogen-bond donors (Lipinski definition) is 1. The van der Waals surface area contributed by atoms with Crippen LogP contribution in [0.5, 0.6) is 11.5 Å². The lowest BCUT2D eigenvalue weighted by atomic mass is 10.0. The molecule has 2 aromatic rings. The van der Waals surface area contributed by atoms with Gasteiger partial charge >= 0.3 is 0 Å². The van der Waals surface area contributed by atoms with Crippen molar-refractivity contribution in [3.05, 3.63) is 42.2 Å². The summed E-state index contributed by atoms with van der Waals surface area (Å²) in [5, 5.41) is 0. The fourth-order valence-corrected chi connectivity index (χ4v) is 1.68. The van der Waals surface area contributed by atoms with E-state index in [2.05, 4.69) is 0 Å². The third-order valence-electron chi connectivity index (χ3n) is 2.69. The second-order valence-corrected chi connectivity index (χ2v) is 3.84. The van der Waals surface area contributed by atoms with Gasteiger partial charge in [-0.3, -0.25) is 0 Å². The number of nitrogens with two attached hydrogens (primary N) is 1. The van der Waals surface area contributed by atoms with Crippen molar-refractivity contribution in [3.8, 4) is 22.6 Å². The minimum atomic E-state index is -0.436. The molecule has 94 valence electrons. The standard InChI is InChI=1S/C14H14FNO2/c1-17-11-5-10(6-12(8-11)18-2)9-3-4-14(16)13(15)7-9/h3-8H,16H2,1-2H3. The molecule has 2 rings (SSSR count). The molecular weight excluding hydrogens is 233 g/mol. The van der Waals surface area contributed by atoms with E-state index in [9.17, 15) is 4.39 Å². The first-order chi connectivity index (χ1) is 8.63. The summed E-state index contributed by atoms with van der Waals surface area (Å²) in [4.78, 5) is 0. The minimum absolute atomic E-state index is 0.133. The Kier molecular flexibility index (Phi) is 3.37. The van der Waals surface area contributed by atoms with Crippen molar-refractivity contribution >= 4 is 5.69 Å². The van der Waals surface area contributed by atoms with Gasteiger partial charge in [0.05, 0.1) is 19.9 Å². The highest BCUT2D eigenvalue weighted by Gasteiger charge is 2.06. The molecule has 18 heavy (non-hydrogen) atoms. The van der Waals surface area contributed by atoms with Crippen LogP contribution < -0.4 is 15.2 Å². The number of anilines is 1. The summed E-state index contributed by atoms with van der Waals surface area (Å²) in [6.45, 7) is 0. The first-order valence-electron chi connectivity index (χ1n) is 5.42. The van der Waals surface area contributed by atoms with E-state index in [4.69, 9.17) is 15.2 Å². The van der Waals surface area contributed by atoms with Gasteiger partial charge < -0.3 is 15.2 Å². The minimum Gasteiger partial charge on any atom is -0.497 e. The van der Waals surface area contributed by atoms with Gasteiger partial charge in [0.1, 0.15) is 17.3 Å². The number of hydrogen-bond acceptors (Lipinski definition) is 3. The lowest BCUT2D eigenvalue weighted by Crippen LogP contribution is -1.92. The predicted molar refractivity (Wildman–Crippen MR) is 69.4 cm³/mol. The van der Waals surface area contributed by atoms with Crippen LogP contribution in [0.2, 0.25) is 0 Å². The van der Waals surface area contributed by atoms with Crippen molar-refractivity contribution in [2.45, 2.75) is 0 Å². The van der Waals surface area contributed by atoms with E-state index in [1.165, 1.54) is 12.1 Å². The molecular formula is C14H14FNO2. The molecule has 0 spiro atoms. The summed E-state index contributed by atoms with van der Waals surface area (Å²) < 4.78 is 23.8. The number of benzene rings is 2. The molecule has 0 unspecified atom stereocenters. The summed E-state index contributed by atoms with van der Waals surface area (Å²) in [5.74, 6) is 0.873. The number of methoxy groups -OCH3 is 2. The summed E-state index contributed by atoms with van der Waals surface area (Å²) in [7, 11) is 3.14. The first-order valence-corrected chi connectivity index (χ1v) is 5.42. The second-order valence-electron chi connectivity index (χ2n) is 3.84. The topological polar surface area (TPSA) is 44.5 Å². The summed E-state index contributed by atoms with van der Waals surface area (Å²) in [5.41, 5.74) is 7.12. The van der Waals surface area contributed by atoms with E-state index >= 15 is 0 Å². The van der Waals surface area contributed by atoms with Crippen molar-refractivity contribution in [1.29, 1.82) is 0 Å². The van der Waals surface area contributed by atoms with Crippen LogP contribution in [0.4, 0.5) is 10.1 Å². The van der Waals surface area contributed by atoms with Gasteiger partial charge in [0.2, 0.25) is 0 Å². The highest BCUT2D eigenvalue weighted by molar-refractivity contribution is 5.69. The third kappa shape index (κ3) is 2.37. The van der Waals surface area contributed by atoms with E-state index in [1.54, 1.807) is 26.4 Å². The zero-order valence-corrected chi connectivity index (χ0v) is 10.2. The van der Waals surface area contributed by atoms with Crippen molar-refractivity contribution in [2.24, 2.45) is 0 Å². The molecule has 0 atom stereocenters. The van der Waals surface area contributed by atoms with Crippen LogP contribution in [-0.4, -0.2) is 14.2 Å². The Bertz CT molecular complexity index is 547. The number of ether oxygens (including phenoxy) is 2. The maximum Gasteiger partial charge on any atom is 0.146 e. The molecule has 0 aliphatic heterocycles. The fourth-order valence-electron chi connectivity index (χ4n) is 1.68. The second kappa shape index (κ2) is 4.96. The number of rotatable bonds is 3. The molecule has 0 aromatic heterocycles. The first kappa shape index (κ1) is 12.2. The maximum absolute atomic E-state index is 13.4. The van der Waals surface area contributed by atoms with Crippen molar-refractivity contribution in [2.75, 3.05) is 20.0 Å². The zero-order chi connectivity index (χ0) is 13.1. The van der Waals surface area contributed by atoms with E-state index < -0.39 is 5.82 Å². The van der Waals surface area contributed by atoms with Gasteiger partial charge in [-0.15, -0.1) is 0 Å². The largest absolute Gasteiger partial charge is 0.497 e.